The normalized spacial score (nSPS) is 14.4. The molecule has 1 saturated heterocycles. The van der Waals surface area contributed by atoms with Gasteiger partial charge in [-0.3, -0.25) is 9.52 Å². The molecule has 0 radical (unpaired) electrons. The molecule has 0 aliphatic carbocycles. The third-order valence-corrected chi connectivity index (χ3v) is 8.77. The van der Waals surface area contributed by atoms with Crippen molar-refractivity contribution in [3.05, 3.63) is 114 Å². The highest BCUT2D eigenvalue weighted by Gasteiger charge is 2.33. The Kier molecular flexibility index (Phi) is 11.2. The molecule has 1 atom stereocenters. The minimum atomic E-state index is -3.43. The third-order valence-electron chi connectivity index (χ3n) is 8.18. The van der Waals surface area contributed by atoms with Gasteiger partial charge in [0.1, 0.15) is 23.3 Å². The molecule has 1 aliphatic heterocycles. The van der Waals surface area contributed by atoms with E-state index in [4.69, 9.17) is 9.47 Å². The number of rotatable bonds is 15. The summed E-state index contributed by atoms with van der Waals surface area (Å²) in [6.07, 6.45) is 3.12. The van der Waals surface area contributed by atoms with Crippen LogP contribution >= 0.6 is 0 Å². The molecule has 1 fully saturated rings. The van der Waals surface area contributed by atoms with E-state index in [1.54, 1.807) is 6.07 Å². The van der Waals surface area contributed by atoms with Crippen LogP contribution in [0.4, 0.5) is 11.4 Å². The van der Waals surface area contributed by atoms with Crippen molar-refractivity contribution in [3.8, 4) is 17.2 Å². The number of aliphatic carboxylic acids is 1. The Morgan fingerprint density at radius 2 is 1.50 bits per heavy atom. The lowest BCUT2D eigenvalue weighted by atomic mass is 10.1. The molecular formula is C37H41N3O7S. The van der Waals surface area contributed by atoms with Crippen molar-refractivity contribution in [1.29, 1.82) is 0 Å². The van der Waals surface area contributed by atoms with E-state index in [-0.39, 0.29) is 12.3 Å². The number of sulfonamides is 1. The number of nitrogens with zero attached hydrogens (tertiary/aromatic N) is 2. The maximum Gasteiger partial charge on any atom is 0.326 e. The fourth-order valence-corrected chi connectivity index (χ4v) is 6.43. The number of carbonyl (C=O) groups excluding carboxylic acids is 1. The fraction of sp³-hybridized carbons (Fsp3) is 0.297. The zero-order valence-electron chi connectivity index (χ0n) is 27.2. The molecule has 4 aromatic rings. The van der Waals surface area contributed by atoms with Crippen LogP contribution in [0.1, 0.15) is 42.4 Å². The Hall–Kier alpha value is -5.03. The van der Waals surface area contributed by atoms with Gasteiger partial charge in [-0.15, -0.1) is 0 Å². The van der Waals surface area contributed by atoms with Gasteiger partial charge >= 0.3 is 5.97 Å². The third kappa shape index (κ3) is 9.51. The van der Waals surface area contributed by atoms with Crippen molar-refractivity contribution in [3.63, 3.8) is 0 Å². The minimum Gasteiger partial charge on any atom is -0.494 e. The van der Waals surface area contributed by atoms with Crippen molar-refractivity contribution in [2.45, 2.75) is 51.7 Å². The van der Waals surface area contributed by atoms with Gasteiger partial charge in [0.15, 0.2) is 0 Å². The number of carbonyl (C=O) groups is 2. The smallest absolute Gasteiger partial charge is 0.326 e. The lowest BCUT2D eigenvalue weighted by Gasteiger charge is -2.28. The van der Waals surface area contributed by atoms with Crippen LogP contribution in [-0.2, 0) is 32.7 Å². The number of likely N-dealkylation sites (tertiary alicyclic amines) is 1. The van der Waals surface area contributed by atoms with Gasteiger partial charge in [0.05, 0.1) is 18.6 Å². The van der Waals surface area contributed by atoms with Gasteiger partial charge in [0.25, 0.3) is 0 Å². The maximum absolute atomic E-state index is 12.4. The van der Waals surface area contributed by atoms with Gasteiger partial charge in [-0.1, -0.05) is 48.5 Å². The predicted molar refractivity (Wildman–Crippen MR) is 186 cm³/mol. The number of nitrogens with one attached hydrogen (secondary N) is 1. The van der Waals surface area contributed by atoms with E-state index in [9.17, 15) is 23.1 Å². The first-order valence-corrected chi connectivity index (χ1v) is 17.8. The van der Waals surface area contributed by atoms with E-state index in [2.05, 4.69) is 21.8 Å². The summed E-state index contributed by atoms with van der Waals surface area (Å²) >= 11 is 0. The Morgan fingerprint density at radius 3 is 2.15 bits per heavy atom. The molecule has 11 heteroatoms. The lowest BCUT2D eigenvalue weighted by Crippen LogP contribution is -2.40. The Bertz CT molecular complexity index is 1800. The molecular weight excluding hydrogens is 630 g/mol. The average molecular weight is 672 g/mol. The summed E-state index contributed by atoms with van der Waals surface area (Å²) in [4.78, 5) is 27.5. The van der Waals surface area contributed by atoms with E-state index < -0.39 is 22.0 Å². The van der Waals surface area contributed by atoms with Crippen molar-refractivity contribution < 1.29 is 32.6 Å². The highest BCUT2D eigenvalue weighted by molar-refractivity contribution is 7.92. The number of hydrogen-bond acceptors (Lipinski definition) is 7. The second kappa shape index (κ2) is 15.7. The SMILES string of the molecule is Cc1c(NS(C)(=O)=O)cccc1N(Cc1ccccc1)Cc1ccc(Oc2ccc(OCCCC(=O)N3CCCC3C(=O)O)cc2)cc1. The van der Waals surface area contributed by atoms with E-state index in [0.717, 1.165) is 28.6 Å². The molecule has 1 unspecified atom stereocenters. The molecule has 0 spiro atoms. The Balaban J connectivity index is 1.17. The second-order valence-corrected chi connectivity index (χ2v) is 13.7. The maximum atomic E-state index is 12.4. The van der Waals surface area contributed by atoms with Gasteiger partial charge in [0.2, 0.25) is 15.9 Å². The van der Waals surface area contributed by atoms with E-state index in [1.165, 1.54) is 4.90 Å². The number of anilines is 2. The van der Waals surface area contributed by atoms with E-state index in [0.29, 0.717) is 68.4 Å². The zero-order chi connectivity index (χ0) is 34.1. The monoisotopic (exact) mass is 671 g/mol. The summed E-state index contributed by atoms with van der Waals surface area (Å²) in [7, 11) is -3.43. The molecule has 5 rings (SSSR count). The number of amides is 1. The number of benzene rings is 4. The summed E-state index contributed by atoms with van der Waals surface area (Å²) in [5.74, 6) is 0.890. The van der Waals surface area contributed by atoms with Gasteiger partial charge in [-0.05, 0) is 91.4 Å². The number of hydrogen-bond donors (Lipinski definition) is 2. The molecule has 4 aromatic carbocycles. The van der Waals surface area contributed by atoms with Crippen molar-refractivity contribution in [2.75, 3.05) is 29.0 Å². The first kappa shape index (κ1) is 34.3. The van der Waals surface area contributed by atoms with Gasteiger partial charge < -0.3 is 24.4 Å². The number of ether oxygens (including phenoxy) is 2. The molecule has 10 nitrogen and oxygen atoms in total. The largest absolute Gasteiger partial charge is 0.494 e. The molecule has 2 N–H and O–H groups in total. The van der Waals surface area contributed by atoms with Crippen LogP contribution in [0.15, 0.2) is 97.1 Å². The Morgan fingerprint density at radius 1 is 0.875 bits per heavy atom. The van der Waals surface area contributed by atoms with Crippen molar-refractivity contribution >= 4 is 33.3 Å². The van der Waals surface area contributed by atoms with E-state index >= 15 is 0 Å². The predicted octanol–water partition coefficient (Wildman–Crippen LogP) is 6.60. The van der Waals surface area contributed by atoms with Crippen LogP contribution in [0.2, 0.25) is 0 Å². The van der Waals surface area contributed by atoms with E-state index in [1.807, 2.05) is 85.8 Å². The second-order valence-electron chi connectivity index (χ2n) is 11.9. The van der Waals surface area contributed by atoms with Crippen LogP contribution < -0.4 is 19.1 Å². The van der Waals surface area contributed by atoms with Crippen molar-refractivity contribution in [1.82, 2.24) is 4.90 Å². The topological polar surface area (TPSA) is 125 Å². The van der Waals surface area contributed by atoms with Gasteiger partial charge in [0, 0.05) is 31.7 Å². The summed E-state index contributed by atoms with van der Waals surface area (Å²) in [5, 5.41) is 9.29. The molecule has 1 heterocycles. The highest BCUT2D eigenvalue weighted by atomic mass is 32.2. The van der Waals surface area contributed by atoms with Gasteiger partial charge in [-0.25, -0.2) is 13.2 Å². The summed E-state index contributed by atoms with van der Waals surface area (Å²) < 4.78 is 38.4. The quantitative estimate of drug-likeness (QED) is 0.136. The number of carboxylic acids is 1. The average Bonchev–Trinajstić information content (AvgIpc) is 3.56. The first-order chi connectivity index (χ1) is 23.1. The fourth-order valence-electron chi connectivity index (χ4n) is 5.81. The molecule has 1 aliphatic rings. The van der Waals surface area contributed by atoms with Crippen LogP contribution in [0, 0.1) is 6.92 Å². The van der Waals surface area contributed by atoms with Crippen LogP contribution in [0.5, 0.6) is 17.2 Å². The summed E-state index contributed by atoms with van der Waals surface area (Å²) in [6.45, 7) is 3.99. The molecule has 0 bridgehead atoms. The standard InChI is InChI=1S/C37H41N3O7S/c1-27-33(38-48(2,44)45)11-6-12-34(27)39(25-28-9-4-3-5-10-28)26-29-15-17-31(18-16-29)47-32-21-19-30(20-22-32)46-24-8-14-36(41)40-23-7-13-35(40)37(42)43/h3-6,9-12,15-22,35,38H,7-8,13-14,23-26H2,1-2H3,(H,42,43). The first-order valence-electron chi connectivity index (χ1n) is 15.9. The lowest BCUT2D eigenvalue weighted by molar-refractivity contribution is -0.148. The van der Waals surface area contributed by atoms with Gasteiger partial charge in [-0.2, -0.15) is 0 Å². The molecule has 0 saturated carbocycles. The van der Waals surface area contributed by atoms with Crippen molar-refractivity contribution in [2.24, 2.45) is 0 Å². The summed E-state index contributed by atoms with van der Waals surface area (Å²) in [5.41, 5.74) is 4.52. The van der Waals surface area contributed by atoms with Crippen LogP contribution in [0.3, 0.4) is 0 Å². The molecule has 0 aromatic heterocycles. The molecule has 252 valence electrons. The highest BCUT2D eigenvalue weighted by Crippen LogP contribution is 2.31. The minimum absolute atomic E-state index is 0.145. The Labute approximate surface area is 282 Å². The molecule has 48 heavy (non-hydrogen) atoms. The van der Waals surface area contributed by atoms with Crippen LogP contribution in [-0.4, -0.2) is 55.7 Å². The zero-order valence-corrected chi connectivity index (χ0v) is 28.0. The molecule has 1 amide bonds. The summed E-state index contributed by atoms with van der Waals surface area (Å²) in [6, 6.07) is 30.2. The van der Waals surface area contributed by atoms with Crippen LogP contribution in [0.25, 0.3) is 0 Å². The number of carboxylic acid groups (broad SMARTS) is 1.